The topological polar surface area (TPSA) is 41.1 Å². The number of rotatable bonds is 4. The molecular formula is C21H24N2O. The van der Waals surface area contributed by atoms with Crippen molar-refractivity contribution in [2.75, 3.05) is 13.1 Å². The van der Waals surface area contributed by atoms with Crippen LogP contribution >= 0.6 is 0 Å². The number of hydrogen-bond donors (Lipinski definition) is 2. The zero-order valence-corrected chi connectivity index (χ0v) is 13.9. The Morgan fingerprint density at radius 3 is 2.12 bits per heavy atom. The Morgan fingerprint density at radius 2 is 1.54 bits per heavy atom. The molecule has 1 atom stereocenters. The van der Waals surface area contributed by atoms with Gasteiger partial charge in [-0.1, -0.05) is 67.8 Å². The Balaban J connectivity index is 1.46. The summed E-state index contributed by atoms with van der Waals surface area (Å²) in [6.45, 7) is 1.53. The summed E-state index contributed by atoms with van der Waals surface area (Å²) in [5.41, 5.74) is 4.91. The van der Waals surface area contributed by atoms with Crippen molar-refractivity contribution >= 4 is 5.91 Å². The Kier molecular flexibility index (Phi) is 4.35. The Bertz CT molecular complexity index is 702. The number of benzene rings is 2. The highest BCUT2D eigenvalue weighted by atomic mass is 16.2. The van der Waals surface area contributed by atoms with E-state index in [1.54, 1.807) is 0 Å². The fourth-order valence-electron chi connectivity index (χ4n) is 3.60. The molecule has 124 valence electrons. The standard InChI is InChI=1S/C21H24N2O/c24-21-20(22-12-13-23-21)19-10-8-18(9-11-19)17-6-4-16(5-7-17)14-15-2-1-3-15/h4-11,15,20,22H,1-3,12-14H2,(H,23,24). The first-order valence-electron chi connectivity index (χ1n) is 9.00. The normalized spacial score (nSPS) is 21.2. The van der Waals surface area contributed by atoms with Gasteiger partial charge < -0.3 is 10.6 Å². The van der Waals surface area contributed by atoms with Crippen molar-refractivity contribution in [2.45, 2.75) is 31.7 Å². The van der Waals surface area contributed by atoms with E-state index in [4.69, 9.17) is 0 Å². The number of carbonyl (C=O) groups is 1. The second kappa shape index (κ2) is 6.78. The van der Waals surface area contributed by atoms with Crippen LogP contribution < -0.4 is 10.6 Å². The number of amides is 1. The zero-order chi connectivity index (χ0) is 16.4. The van der Waals surface area contributed by atoms with Crippen LogP contribution in [0.1, 0.15) is 36.4 Å². The molecule has 1 saturated carbocycles. The van der Waals surface area contributed by atoms with Gasteiger partial charge in [0, 0.05) is 13.1 Å². The molecule has 1 heterocycles. The molecule has 1 saturated heterocycles. The second-order valence-electron chi connectivity index (χ2n) is 7.00. The summed E-state index contributed by atoms with van der Waals surface area (Å²) in [6.07, 6.45) is 5.42. The number of piperazine rings is 1. The maximum atomic E-state index is 11.9. The van der Waals surface area contributed by atoms with Gasteiger partial charge in [-0.3, -0.25) is 4.79 Å². The molecule has 0 aromatic heterocycles. The molecule has 2 N–H and O–H groups in total. The predicted molar refractivity (Wildman–Crippen MR) is 96.7 cm³/mol. The van der Waals surface area contributed by atoms with Crippen LogP contribution in [0, 0.1) is 5.92 Å². The minimum absolute atomic E-state index is 0.0642. The van der Waals surface area contributed by atoms with Crippen molar-refractivity contribution in [3.63, 3.8) is 0 Å². The monoisotopic (exact) mass is 320 g/mol. The summed E-state index contributed by atoms with van der Waals surface area (Å²) in [5.74, 6) is 0.971. The molecule has 1 amide bonds. The minimum Gasteiger partial charge on any atom is -0.353 e. The van der Waals surface area contributed by atoms with Gasteiger partial charge in [-0.25, -0.2) is 0 Å². The lowest BCUT2D eigenvalue weighted by molar-refractivity contribution is -0.124. The molecule has 1 unspecified atom stereocenters. The van der Waals surface area contributed by atoms with Crippen molar-refractivity contribution < 1.29 is 4.79 Å². The largest absolute Gasteiger partial charge is 0.353 e. The summed E-state index contributed by atoms with van der Waals surface area (Å²) in [7, 11) is 0. The van der Waals surface area contributed by atoms with E-state index in [2.05, 4.69) is 59.2 Å². The van der Waals surface area contributed by atoms with Crippen molar-refractivity contribution in [3.8, 4) is 11.1 Å². The first-order valence-corrected chi connectivity index (χ1v) is 9.00. The molecule has 0 radical (unpaired) electrons. The smallest absolute Gasteiger partial charge is 0.241 e. The highest BCUT2D eigenvalue weighted by Gasteiger charge is 2.22. The third-order valence-corrected chi connectivity index (χ3v) is 5.32. The van der Waals surface area contributed by atoms with Gasteiger partial charge in [0.25, 0.3) is 0 Å². The van der Waals surface area contributed by atoms with Gasteiger partial charge in [-0.15, -0.1) is 0 Å². The average Bonchev–Trinajstić information content (AvgIpc) is 2.59. The van der Waals surface area contributed by atoms with E-state index in [1.165, 1.54) is 42.4 Å². The molecule has 1 aliphatic carbocycles. The summed E-state index contributed by atoms with van der Waals surface area (Å²) in [4.78, 5) is 11.9. The quantitative estimate of drug-likeness (QED) is 0.906. The van der Waals surface area contributed by atoms with Crippen molar-refractivity contribution in [1.82, 2.24) is 10.6 Å². The van der Waals surface area contributed by atoms with E-state index in [1.807, 2.05) is 0 Å². The minimum atomic E-state index is -0.224. The Morgan fingerprint density at radius 1 is 0.875 bits per heavy atom. The van der Waals surface area contributed by atoms with E-state index >= 15 is 0 Å². The van der Waals surface area contributed by atoms with Crippen LogP contribution in [0.2, 0.25) is 0 Å². The molecule has 24 heavy (non-hydrogen) atoms. The summed E-state index contributed by atoms with van der Waals surface area (Å²) in [5, 5.41) is 6.18. The Hall–Kier alpha value is -2.13. The van der Waals surface area contributed by atoms with Gasteiger partial charge in [0.15, 0.2) is 0 Å². The number of carbonyl (C=O) groups excluding carboxylic acids is 1. The molecular weight excluding hydrogens is 296 g/mol. The van der Waals surface area contributed by atoms with Crippen LogP contribution in [0.5, 0.6) is 0 Å². The van der Waals surface area contributed by atoms with Crippen LogP contribution in [0.3, 0.4) is 0 Å². The number of nitrogens with one attached hydrogen (secondary N) is 2. The van der Waals surface area contributed by atoms with Crippen LogP contribution in [0.15, 0.2) is 48.5 Å². The van der Waals surface area contributed by atoms with E-state index in [9.17, 15) is 4.79 Å². The van der Waals surface area contributed by atoms with Gasteiger partial charge >= 0.3 is 0 Å². The van der Waals surface area contributed by atoms with Gasteiger partial charge in [0.2, 0.25) is 5.91 Å². The summed E-state index contributed by atoms with van der Waals surface area (Å²) >= 11 is 0. The van der Waals surface area contributed by atoms with Gasteiger partial charge in [-0.05, 0) is 34.6 Å². The molecule has 0 spiro atoms. The van der Waals surface area contributed by atoms with Crippen molar-refractivity contribution in [1.29, 1.82) is 0 Å². The maximum Gasteiger partial charge on any atom is 0.241 e. The molecule has 4 rings (SSSR count). The van der Waals surface area contributed by atoms with E-state index < -0.39 is 0 Å². The summed E-state index contributed by atoms with van der Waals surface area (Å²) in [6, 6.07) is 17.1. The van der Waals surface area contributed by atoms with E-state index in [-0.39, 0.29) is 11.9 Å². The third-order valence-electron chi connectivity index (χ3n) is 5.32. The molecule has 3 heteroatoms. The zero-order valence-electron chi connectivity index (χ0n) is 13.9. The van der Waals surface area contributed by atoms with Gasteiger partial charge in [0.1, 0.15) is 6.04 Å². The third kappa shape index (κ3) is 3.22. The second-order valence-corrected chi connectivity index (χ2v) is 7.00. The first-order chi connectivity index (χ1) is 11.8. The Labute approximate surface area is 143 Å². The van der Waals surface area contributed by atoms with E-state index in [0.717, 1.165) is 18.0 Å². The molecule has 2 aliphatic rings. The average molecular weight is 320 g/mol. The lowest BCUT2D eigenvalue weighted by Gasteiger charge is -2.25. The molecule has 3 nitrogen and oxygen atoms in total. The van der Waals surface area contributed by atoms with Crippen molar-refractivity contribution in [3.05, 3.63) is 59.7 Å². The number of hydrogen-bond acceptors (Lipinski definition) is 2. The van der Waals surface area contributed by atoms with Crippen LogP contribution in [-0.2, 0) is 11.2 Å². The predicted octanol–water partition coefficient (Wildman–Crippen LogP) is 3.46. The first kappa shape index (κ1) is 15.4. The maximum absolute atomic E-state index is 11.9. The lowest BCUT2D eigenvalue weighted by Crippen LogP contribution is -2.47. The lowest BCUT2D eigenvalue weighted by atomic mass is 9.81. The molecule has 2 aromatic rings. The molecule has 1 aliphatic heterocycles. The van der Waals surface area contributed by atoms with Gasteiger partial charge in [0.05, 0.1) is 0 Å². The van der Waals surface area contributed by atoms with E-state index in [0.29, 0.717) is 6.54 Å². The molecule has 2 fully saturated rings. The van der Waals surface area contributed by atoms with Crippen LogP contribution in [0.4, 0.5) is 0 Å². The highest BCUT2D eigenvalue weighted by Crippen LogP contribution is 2.30. The SMILES string of the molecule is O=C1NCCNC1c1ccc(-c2ccc(CC3CCC3)cc2)cc1. The fourth-order valence-corrected chi connectivity index (χ4v) is 3.60. The van der Waals surface area contributed by atoms with Gasteiger partial charge in [-0.2, -0.15) is 0 Å². The summed E-state index contributed by atoms with van der Waals surface area (Å²) < 4.78 is 0. The van der Waals surface area contributed by atoms with Crippen LogP contribution in [-0.4, -0.2) is 19.0 Å². The fraction of sp³-hybridized carbons (Fsp3) is 0.381. The van der Waals surface area contributed by atoms with Crippen LogP contribution in [0.25, 0.3) is 11.1 Å². The van der Waals surface area contributed by atoms with Crippen molar-refractivity contribution in [2.24, 2.45) is 5.92 Å². The highest BCUT2D eigenvalue weighted by molar-refractivity contribution is 5.84. The molecule has 2 aromatic carbocycles. The molecule has 0 bridgehead atoms.